The number of pyridine rings is 2. The van der Waals surface area contributed by atoms with Gasteiger partial charge in [-0.3, -0.25) is 19.6 Å². The van der Waals surface area contributed by atoms with Gasteiger partial charge >= 0.3 is 11.9 Å². The largest absolute Gasteiger partial charge is 0.481 e. The zero-order chi connectivity index (χ0) is 30.1. The van der Waals surface area contributed by atoms with Gasteiger partial charge in [-0.15, -0.1) is 0 Å². The smallest absolute Gasteiger partial charge is 0.307 e. The Labute approximate surface area is 256 Å². The van der Waals surface area contributed by atoms with Crippen LogP contribution in [0.1, 0.15) is 76.1 Å². The van der Waals surface area contributed by atoms with Crippen molar-refractivity contribution in [2.75, 3.05) is 56.4 Å². The quantitative estimate of drug-likeness (QED) is 0.376. The van der Waals surface area contributed by atoms with E-state index in [1.807, 2.05) is 26.0 Å². The van der Waals surface area contributed by atoms with Crippen molar-refractivity contribution in [2.24, 2.45) is 11.5 Å². The van der Waals surface area contributed by atoms with Crippen LogP contribution in [0.25, 0.3) is 0 Å². The second-order valence-corrected chi connectivity index (χ2v) is 10.6. The van der Waals surface area contributed by atoms with Crippen LogP contribution >= 0.6 is 0 Å². The molecule has 2 unspecified atom stereocenters. The standard InChI is InChI=1S/C15H23N3O3.C14H21N3O3.2CH4/c1-10-9-21-5-4-18(10)14-6-12(8-17-11(14)2)13(16)7-15(19)20-3;1-9-8-20-4-3-17(9)13-5-11(7-16-10(13)2)12(15)6-14(18)19;;/h6,8,10,13H,4-5,7,9,16H2,1-3H3;5,7,9,12H,3-4,6,8,15H2,1-2H3,(H,18,19);2*1H4/t10-,13?;9-,12?;;/m00../s1. The average molecular weight is 605 g/mol. The van der Waals surface area contributed by atoms with Crippen LogP contribution in [-0.4, -0.2) is 85.7 Å². The summed E-state index contributed by atoms with van der Waals surface area (Å²) in [6.45, 7) is 12.6. The number of hydrogen-bond donors (Lipinski definition) is 3. The first kappa shape index (κ1) is 37.7. The van der Waals surface area contributed by atoms with E-state index in [4.69, 9.17) is 26.0 Å². The van der Waals surface area contributed by atoms with Gasteiger partial charge in [-0.25, -0.2) is 0 Å². The number of ether oxygens (including phenoxy) is 3. The molecule has 2 aliphatic heterocycles. The summed E-state index contributed by atoms with van der Waals surface area (Å²) in [6, 6.07) is 3.62. The number of carbonyl (C=O) groups is 2. The van der Waals surface area contributed by atoms with E-state index in [9.17, 15) is 9.59 Å². The van der Waals surface area contributed by atoms with Crippen LogP contribution in [0.3, 0.4) is 0 Å². The van der Waals surface area contributed by atoms with E-state index < -0.39 is 18.1 Å². The van der Waals surface area contributed by atoms with E-state index in [0.29, 0.717) is 32.5 Å². The minimum Gasteiger partial charge on any atom is -0.481 e. The molecule has 4 atom stereocenters. The highest BCUT2D eigenvalue weighted by molar-refractivity contribution is 5.70. The molecule has 2 aromatic heterocycles. The molecule has 2 saturated heterocycles. The molecule has 242 valence electrons. The number of aliphatic carboxylic acids is 1. The number of rotatable bonds is 8. The van der Waals surface area contributed by atoms with Gasteiger partial charge in [0.1, 0.15) is 0 Å². The fourth-order valence-electron chi connectivity index (χ4n) is 4.92. The molecule has 4 heterocycles. The molecular weight excluding hydrogens is 552 g/mol. The number of nitrogens with two attached hydrogens (primary N) is 2. The van der Waals surface area contributed by atoms with Gasteiger partial charge in [-0.2, -0.15) is 0 Å². The number of carboxylic acid groups (broad SMARTS) is 1. The number of nitrogens with zero attached hydrogens (tertiary/aromatic N) is 4. The predicted molar refractivity (Wildman–Crippen MR) is 169 cm³/mol. The van der Waals surface area contributed by atoms with Gasteiger partial charge in [0.25, 0.3) is 0 Å². The molecule has 0 bridgehead atoms. The van der Waals surface area contributed by atoms with Crippen LogP contribution in [0.4, 0.5) is 11.4 Å². The van der Waals surface area contributed by atoms with Crippen molar-refractivity contribution in [3.63, 3.8) is 0 Å². The predicted octanol–water partition coefficient (Wildman–Crippen LogP) is 3.54. The number of aromatic nitrogens is 2. The van der Waals surface area contributed by atoms with E-state index in [1.165, 1.54) is 7.11 Å². The van der Waals surface area contributed by atoms with Crippen molar-refractivity contribution < 1.29 is 28.9 Å². The molecule has 5 N–H and O–H groups in total. The normalized spacial score (nSPS) is 19.5. The highest BCUT2D eigenvalue weighted by Gasteiger charge is 2.24. The first-order valence-electron chi connectivity index (χ1n) is 13.9. The molecule has 12 nitrogen and oxygen atoms in total. The van der Waals surface area contributed by atoms with E-state index in [2.05, 4.69) is 38.4 Å². The Bertz CT molecular complexity index is 1180. The Hall–Kier alpha value is -3.32. The lowest BCUT2D eigenvalue weighted by Gasteiger charge is -2.36. The second-order valence-electron chi connectivity index (χ2n) is 10.6. The minimum absolute atomic E-state index is 0. The zero-order valence-corrected chi connectivity index (χ0v) is 24.7. The fraction of sp³-hybridized carbons (Fsp3) is 0.613. The first-order valence-corrected chi connectivity index (χ1v) is 13.9. The third kappa shape index (κ3) is 10.4. The molecular formula is C31H52N6O6. The molecule has 0 radical (unpaired) electrons. The van der Waals surface area contributed by atoms with Gasteiger partial charge < -0.3 is 40.6 Å². The van der Waals surface area contributed by atoms with Crippen LogP contribution in [0.15, 0.2) is 24.5 Å². The number of esters is 1. The molecule has 0 spiro atoms. The maximum atomic E-state index is 11.4. The summed E-state index contributed by atoms with van der Waals surface area (Å²) < 4.78 is 15.6. The minimum atomic E-state index is -0.903. The Kier molecular flexibility index (Phi) is 15.5. The van der Waals surface area contributed by atoms with Crippen LogP contribution in [0, 0.1) is 13.8 Å². The first-order chi connectivity index (χ1) is 19.5. The number of methoxy groups -OCH3 is 1. The molecule has 4 rings (SSSR count). The summed E-state index contributed by atoms with van der Waals surface area (Å²) in [5.41, 5.74) is 17.5. The zero-order valence-electron chi connectivity index (χ0n) is 24.7. The van der Waals surface area contributed by atoms with E-state index in [-0.39, 0.29) is 39.7 Å². The van der Waals surface area contributed by atoms with Crippen molar-refractivity contribution in [1.29, 1.82) is 0 Å². The number of carbonyl (C=O) groups excluding carboxylic acids is 1. The number of morpholine rings is 2. The van der Waals surface area contributed by atoms with Crippen molar-refractivity contribution in [1.82, 2.24) is 9.97 Å². The van der Waals surface area contributed by atoms with Gasteiger partial charge in [-0.1, -0.05) is 14.9 Å². The fourth-order valence-corrected chi connectivity index (χ4v) is 4.92. The summed E-state index contributed by atoms with van der Waals surface area (Å²) in [5.74, 6) is -1.22. The topological polar surface area (TPSA) is 166 Å². The summed E-state index contributed by atoms with van der Waals surface area (Å²) in [6.07, 6.45) is 3.46. The SMILES string of the molecule is C.C.COC(=O)CC(N)c1cnc(C)c(N2CCOC[C@@H]2C)c1.Cc1ncc(C(N)CC(=O)O)cc1N1CCOC[C@@H]1C. The van der Waals surface area contributed by atoms with Crippen LogP contribution < -0.4 is 21.3 Å². The molecule has 43 heavy (non-hydrogen) atoms. The van der Waals surface area contributed by atoms with Crippen molar-refractivity contribution in [3.8, 4) is 0 Å². The summed E-state index contributed by atoms with van der Waals surface area (Å²) in [4.78, 5) is 35.4. The highest BCUT2D eigenvalue weighted by Crippen LogP contribution is 2.28. The maximum absolute atomic E-state index is 11.4. The van der Waals surface area contributed by atoms with Gasteiger partial charge in [0.2, 0.25) is 0 Å². The Balaban J connectivity index is 0.000000411. The van der Waals surface area contributed by atoms with Gasteiger partial charge in [-0.05, 0) is 51.0 Å². The third-order valence-electron chi connectivity index (χ3n) is 7.38. The van der Waals surface area contributed by atoms with Crippen molar-refractivity contribution in [3.05, 3.63) is 47.0 Å². The summed E-state index contributed by atoms with van der Waals surface area (Å²) in [7, 11) is 1.36. The van der Waals surface area contributed by atoms with Crippen molar-refractivity contribution in [2.45, 2.75) is 79.6 Å². The summed E-state index contributed by atoms with van der Waals surface area (Å²) in [5, 5.41) is 8.83. The molecule has 0 saturated carbocycles. The maximum Gasteiger partial charge on any atom is 0.307 e. The molecule has 0 aromatic carbocycles. The van der Waals surface area contributed by atoms with E-state index in [1.54, 1.807) is 12.4 Å². The molecule has 12 heteroatoms. The lowest BCUT2D eigenvalue weighted by molar-refractivity contribution is -0.141. The molecule has 0 aliphatic carbocycles. The monoisotopic (exact) mass is 604 g/mol. The Morgan fingerprint density at radius 1 is 0.907 bits per heavy atom. The van der Waals surface area contributed by atoms with Crippen LogP contribution in [0.2, 0.25) is 0 Å². The van der Waals surface area contributed by atoms with Gasteiger partial charge in [0, 0.05) is 49.7 Å². The van der Waals surface area contributed by atoms with Gasteiger partial charge in [0.15, 0.2) is 0 Å². The van der Waals surface area contributed by atoms with Crippen LogP contribution in [0.5, 0.6) is 0 Å². The second kappa shape index (κ2) is 17.7. The third-order valence-corrected chi connectivity index (χ3v) is 7.38. The lowest BCUT2D eigenvalue weighted by atomic mass is 10.0. The number of anilines is 2. The molecule has 2 aromatic rings. The Morgan fingerprint density at radius 2 is 1.33 bits per heavy atom. The molecule has 2 fully saturated rings. The number of aryl methyl sites for hydroxylation is 2. The van der Waals surface area contributed by atoms with E-state index >= 15 is 0 Å². The number of carboxylic acids is 1. The average Bonchev–Trinajstić information content (AvgIpc) is 2.94. The highest BCUT2D eigenvalue weighted by atomic mass is 16.5. The lowest BCUT2D eigenvalue weighted by Crippen LogP contribution is -2.44. The van der Waals surface area contributed by atoms with Crippen LogP contribution in [-0.2, 0) is 23.8 Å². The summed E-state index contributed by atoms with van der Waals surface area (Å²) >= 11 is 0. The Morgan fingerprint density at radius 3 is 1.70 bits per heavy atom. The van der Waals surface area contributed by atoms with E-state index in [0.717, 1.165) is 47.0 Å². The number of hydrogen-bond acceptors (Lipinski definition) is 11. The molecule has 0 amide bonds. The van der Waals surface area contributed by atoms with Crippen molar-refractivity contribution >= 4 is 23.3 Å². The molecule has 2 aliphatic rings. The van der Waals surface area contributed by atoms with Gasteiger partial charge in [0.05, 0.1) is 69.1 Å².